The normalized spacial score (nSPS) is 17.8. The minimum absolute atomic E-state index is 0.0847. The molecule has 2 aromatic rings. The van der Waals surface area contributed by atoms with E-state index in [-0.39, 0.29) is 18.1 Å². The Kier molecular flexibility index (Phi) is 6.86. The lowest BCUT2D eigenvalue weighted by molar-refractivity contribution is -0.123. The van der Waals surface area contributed by atoms with Gasteiger partial charge in [-0.3, -0.25) is 4.79 Å². The summed E-state index contributed by atoms with van der Waals surface area (Å²) in [7, 11) is 0. The largest absolute Gasteiger partial charge is 0.484 e. The first kappa shape index (κ1) is 22.3. The summed E-state index contributed by atoms with van der Waals surface area (Å²) >= 11 is 3.37. The van der Waals surface area contributed by atoms with Crippen molar-refractivity contribution in [1.82, 2.24) is 5.43 Å². The number of halogens is 1. The van der Waals surface area contributed by atoms with Crippen molar-refractivity contribution < 1.29 is 9.53 Å². The number of hydrazone groups is 1. The average Bonchev–Trinajstić information content (AvgIpc) is 2.67. The van der Waals surface area contributed by atoms with Crippen molar-refractivity contribution in [3.63, 3.8) is 0 Å². The number of amides is 1. The Morgan fingerprint density at radius 2 is 2.00 bits per heavy atom. The highest BCUT2D eigenvalue weighted by molar-refractivity contribution is 9.10. The van der Waals surface area contributed by atoms with E-state index in [4.69, 9.17) is 4.74 Å². The van der Waals surface area contributed by atoms with Crippen LogP contribution in [0.25, 0.3) is 0 Å². The molecule has 0 fully saturated rings. The molecule has 160 valence electrons. The Morgan fingerprint density at radius 3 is 2.67 bits per heavy atom. The van der Waals surface area contributed by atoms with Crippen molar-refractivity contribution >= 4 is 33.7 Å². The quantitative estimate of drug-likeness (QED) is 0.448. The van der Waals surface area contributed by atoms with Gasteiger partial charge in [0.15, 0.2) is 6.61 Å². The number of ether oxygens (including phenoxy) is 1. The first-order valence-electron chi connectivity index (χ1n) is 10.3. The summed E-state index contributed by atoms with van der Waals surface area (Å²) in [6.45, 7) is 11.3. The molecule has 1 heterocycles. The molecule has 0 bridgehead atoms. The van der Waals surface area contributed by atoms with E-state index in [2.05, 4.69) is 84.2 Å². The number of benzene rings is 2. The van der Waals surface area contributed by atoms with Crippen LogP contribution in [0.2, 0.25) is 0 Å². The Hall–Kier alpha value is -2.34. The molecule has 0 aliphatic carbocycles. The van der Waals surface area contributed by atoms with Crippen LogP contribution in [0.4, 0.5) is 5.69 Å². The molecular weight excluding hydrogens is 442 g/mol. The highest BCUT2D eigenvalue weighted by Gasteiger charge is 2.37. The average molecular weight is 472 g/mol. The summed E-state index contributed by atoms with van der Waals surface area (Å²) in [6, 6.07) is 14.2. The van der Waals surface area contributed by atoms with Crippen LogP contribution in [-0.4, -0.2) is 30.3 Å². The van der Waals surface area contributed by atoms with Gasteiger partial charge in [0.2, 0.25) is 0 Å². The molecule has 0 saturated heterocycles. The van der Waals surface area contributed by atoms with Crippen LogP contribution in [0, 0.1) is 0 Å². The van der Waals surface area contributed by atoms with Gasteiger partial charge in [0, 0.05) is 21.7 Å². The minimum Gasteiger partial charge on any atom is -0.484 e. The van der Waals surface area contributed by atoms with Crippen LogP contribution >= 0.6 is 15.9 Å². The Labute approximate surface area is 187 Å². The smallest absolute Gasteiger partial charge is 0.277 e. The molecule has 1 unspecified atom stereocenters. The van der Waals surface area contributed by atoms with Crippen molar-refractivity contribution in [1.29, 1.82) is 0 Å². The zero-order valence-electron chi connectivity index (χ0n) is 18.3. The van der Waals surface area contributed by atoms with Gasteiger partial charge in [-0.05, 0) is 87.6 Å². The SMILES string of the molecule is CC1CC(C)(C)N(C(C)C)c2ccc(/C=N/NC(=O)COc3ccc(Br)cc3)cc21. The van der Waals surface area contributed by atoms with E-state index >= 15 is 0 Å². The lowest BCUT2D eigenvalue weighted by atomic mass is 9.79. The van der Waals surface area contributed by atoms with Crippen LogP contribution in [0.3, 0.4) is 0 Å². The Bertz CT molecular complexity index is 923. The number of fused-ring (bicyclic) bond motifs is 1. The summed E-state index contributed by atoms with van der Waals surface area (Å²) in [5.41, 5.74) is 6.24. The molecule has 1 aliphatic rings. The van der Waals surface area contributed by atoms with Crippen LogP contribution in [0.5, 0.6) is 5.75 Å². The van der Waals surface area contributed by atoms with Gasteiger partial charge >= 0.3 is 0 Å². The van der Waals surface area contributed by atoms with Gasteiger partial charge in [-0.25, -0.2) is 5.43 Å². The third-order valence-corrected chi connectivity index (χ3v) is 5.93. The molecule has 5 nitrogen and oxygen atoms in total. The number of anilines is 1. The third kappa shape index (κ3) is 5.22. The number of carbonyl (C=O) groups excluding carboxylic acids is 1. The van der Waals surface area contributed by atoms with E-state index in [1.54, 1.807) is 18.3 Å². The fraction of sp³-hybridized carbons (Fsp3) is 0.417. The van der Waals surface area contributed by atoms with Crippen molar-refractivity contribution in [3.05, 3.63) is 58.1 Å². The van der Waals surface area contributed by atoms with E-state index in [1.807, 2.05) is 12.1 Å². The Morgan fingerprint density at radius 1 is 1.30 bits per heavy atom. The van der Waals surface area contributed by atoms with Crippen LogP contribution in [-0.2, 0) is 4.79 Å². The highest BCUT2D eigenvalue weighted by atomic mass is 79.9. The predicted molar refractivity (Wildman–Crippen MR) is 127 cm³/mol. The highest BCUT2D eigenvalue weighted by Crippen LogP contribution is 2.44. The maximum Gasteiger partial charge on any atom is 0.277 e. The molecular formula is C24H30BrN3O2. The molecule has 30 heavy (non-hydrogen) atoms. The lowest BCUT2D eigenvalue weighted by Crippen LogP contribution is -2.51. The van der Waals surface area contributed by atoms with Gasteiger partial charge < -0.3 is 9.64 Å². The molecule has 2 aromatic carbocycles. The molecule has 6 heteroatoms. The van der Waals surface area contributed by atoms with Gasteiger partial charge in [0.25, 0.3) is 5.91 Å². The predicted octanol–water partition coefficient (Wildman–Crippen LogP) is 5.48. The monoisotopic (exact) mass is 471 g/mol. The number of rotatable bonds is 6. The van der Waals surface area contributed by atoms with E-state index in [9.17, 15) is 4.79 Å². The molecule has 3 rings (SSSR count). The summed E-state index contributed by atoms with van der Waals surface area (Å²) in [6.07, 6.45) is 2.78. The van der Waals surface area contributed by atoms with Crippen molar-refractivity contribution in [2.45, 2.75) is 58.5 Å². The number of hydrogen-bond acceptors (Lipinski definition) is 4. The fourth-order valence-corrected chi connectivity index (χ4v) is 4.68. The van der Waals surface area contributed by atoms with E-state index in [0.717, 1.165) is 16.5 Å². The van der Waals surface area contributed by atoms with Gasteiger partial charge in [0.1, 0.15) is 5.75 Å². The second-order valence-corrected chi connectivity index (χ2v) is 9.65. The standard InChI is InChI=1S/C24H30BrN3O2/c1-16(2)28-22-11-6-18(12-21(22)17(3)13-24(28,4)5)14-26-27-23(29)15-30-20-9-7-19(25)8-10-20/h6-12,14,16-17H,13,15H2,1-5H3,(H,27,29)/b26-14+. The molecule has 1 aliphatic heterocycles. The van der Waals surface area contributed by atoms with Gasteiger partial charge in [-0.15, -0.1) is 0 Å². The summed E-state index contributed by atoms with van der Waals surface area (Å²) < 4.78 is 6.42. The third-order valence-electron chi connectivity index (χ3n) is 5.40. The maximum atomic E-state index is 12.0. The number of carbonyl (C=O) groups is 1. The van der Waals surface area contributed by atoms with Gasteiger partial charge in [0.05, 0.1) is 6.21 Å². The lowest BCUT2D eigenvalue weighted by Gasteiger charge is -2.50. The molecule has 1 atom stereocenters. The minimum atomic E-state index is -0.298. The Balaban J connectivity index is 1.63. The summed E-state index contributed by atoms with van der Waals surface area (Å²) in [5.74, 6) is 0.805. The first-order valence-corrected chi connectivity index (χ1v) is 11.1. The van der Waals surface area contributed by atoms with Crippen molar-refractivity contribution in [2.24, 2.45) is 5.10 Å². The van der Waals surface area contributed by atoms with Crippen LogP contribution < -0.4 is 15.1 Å². The molecule has 0 spiro atoms. The molecule has 1 N–H and O–H groups in total. The van der Waals surface area contributed by atoms with Gasteiger partial charge in [-0.1, -0.05) is 28.9 Å². The topological polar surface area (TPSA) is 53.9 Å². The number of nitrogens with one attached hydrogen (secondary N) is 1. The first-order chi connectivity index (χ1) is 14.2. The zero-order valence-corrected chi connectivity index (χ0v) is 19.9. The molecule has 1 amide bonds. The van der Waals surface area contributed by atoms with E-state index in [0.29, 0.717) is 17.7 Å². The summed E-state index contributed by atoms with van der Waals surface area (Å²) in [5, 5.41) is 4.10. The van der Waals surface area contributed by atoms with Crippen molar-refractivity contribution in [2.75, 3.05) is 11.5 Å². The molecule has 0 aromatic heterocycles. The van der Waals surface area contributed by atoms with Crippen LogP contribution in [0.15, 0.2) is 52.0 Å². The number of hydrogen-bond donors (Lipinski definition) is 1. The van der Waals surface area contributed by atoms with E-state index < -0.39 is 0 Å². The maximum absolute atomic E-state index is 12.0. The second-order valence-electron chi connectivity index (χ2n) is 8.74. The van der Waals surface area contributed by atoms with E-state index in [1.165, 1.54) is 11.3 Å². The zero-order chi connectivity index (χ0) is 21.9. The second kappa shape index (κ2) is 9.21. The fourth-order valence-electron chi connectivity index (χ4n) is 4.42. The van der Waals surface area contributed by atoms with Gasteiger partial charge in [-0.2, -0.15) is 5.10 Å². The summed E-state index contributed by atoms with van der Waals surface area (Å²) in [4.78, 5) is 14.5. The van der Waals surface area contributed by atoms with Crippen molar-refractivity contribution in [3.8, 4) is 5.75 Å². The number of nitrogens with zero attached hydrogens (tertiary/aromatic N) is 2. The molecule has 0 radical (unpaired) electrons. The molecule has 0 saturated carbocycles. The van der Waals surface area contributed by atoms with Crippen LogP contribution in [0.1, 0.15) is 58.1 Å².